The van der Waals surface area contributed by atoms with Gasteiger partial charge in [0.25, 0.3) is 0 Å². The molecule has 152 valence electrons. The van der Waals surface area contributed by atoms with Crippen molar-refractivity contribution < 1.29 is 4.39 Å². The molecule has 0 aliphatic heterocycles. The smallest absolute Gasteiger partial charge is 0.191 e. The van der Waals surface area contributed by atoms with Crippen LogP contribution in [0.25, 0.3) is 10.9 Å². The summed E-state index contributed by atoms with van der Waals surface area (Å²) in [6, 6.07) is 4.83. The fraction of sp³-hybridized carbons (Fsp3) is 0.400. The van der Waals surface area contributed by atoms with E-state index in [9.17, 15) is 4.39 Å². The first-order valence-corrected chi connectivity index (χ1v) is 10.2. The van der Waals surface area contributed by atoms with Gasteiger partial charge in [0, 0.05) is 54.2 Å². The lowest BCUT2D eigenvalue weighted by molar-refractivity contribution is 0.629. The molecule has 0 saturated heterocycles. The van der Waals surface area contributed by atoms with Gasteiger partial charge in [0.15, 0.2) is 5.96 Å². The number of benzene rings is 1. The molecule has 28 heavy (non-hydrogen) atoms. The minimum absolute atomic E-state index is 0. The van der Waals surface area contributed by atoms with E-state index in [1.54, 1.807) is 23.5 Å². The van der Waals surface area contributed by atoms with Crippen molar-refractivity contribution in [3.05, 3.63) is 51.9 Å². The Bertz CT molecular complexity index is 905. The van der Waals surface area contributed by atoms with Crippen LogP contribution in [0.15, 0.2) is 35.6 Å². The monoisotopic (exact) mass is 515 g/mol. The van der Waals surface area contributed by atoms with Crippen molar-refractivity contribution in [2.24, 2.45) is 4.99 Å². The number of nitrogens with zero attached hydrogens (tertiary/aromatic N) is 2. The number of hydrogen-bond acceptors (Lipinski definition) is 3. The third kappa shape index (κ3) is 6.16. The zero-order valence-electron chi connectivity index (χ0n) is 16.2. The van der Waals surface area contributed by atoms with Crippen LogP contribution in [-0.2, 0) is 19.3 Å². The van der Waals surface area contributed by atoms with Gasteiger partial charge < -0.3 is 15.6 Å². The SMILES string of the molecule is CCNC(=NCCc1ncc(CC)s1)NCCc1c[nH]c2ccc(F)cc12.I. The van der Waals surface area contributed by atoms with Crippen molar-refractivity contribution in [3.8, 4) is 0 Å². The summed E-state index contributed by atoms with van der Waals surface area (Å²) < 4.78 is 13.5. The van der Waals surface area contributed by atoms with Gasteiger partial charge in [-0.2, -0.15) is 0 Å². The number of aryl methyl sites for hydroxylation is 1. The number of aromatic amines is 1. The molecule has 0 fully saturated rings. The van der Waals surface area contributed by atoms with E-state index in [0.29, 0.717) is 6.54 Å². The highest BCUT2D eigenvalue weighted by atomic mass is 127. The van der Waals surface area contributed by atoms with Crippen molar-refractivity contribution in [2.45, 2.75) is 33.1 Å². The third-order valence-electron chi connectivity index (χ3n) is 4.31. The van der Waals surface area contributed by atoms with E-state index in [1.165, 1.54) is 10.9 Å². The van der Waals surface area contributed by atoms with Gasteiger partial charge >= 0.3 is 0 Å². The number of rotatable bonds is 8. The summed E-state index contributed by atoms with van der Waals surface area (Å²) >= 11 is 1.76. The second kappa shape index (κ2) is 11.4. The zero-order valence-corrected chi connectivity index (χ0v) is 19.4. The maximum absolute atomic E-state index is 13.5. The van der Waals surface area contributed by atoms with E-state index < -0.39 is 0 Å². The van der Waals surface area contributed by atoms with Gasteiger partial charge in [-0.05, 0) is 43.5 Å². The number of aromatic nitrogens is 2. The standard InChI is InChI=1S/C20H26FN5S.HI/c1-3-16-13-26-19(27-16)8-10-24-20(22-4-2)23-9-7-14-12-25-18-6-5-15(21)11-17(14)18;/h5-6,11-13,25H,3-4,7-10H2,1-2H3,(H2,22,23,24);1H. The number of aliphatic imine (C=N–C) groups is 1. The van der Waals surface area contributed by atoms with Crippen molar-refractivity contribution in [1.29, 1.82) is 0 Å². The highest BCUT2D eigenvalue weighted by molar-refractivity contribution is 14.0. The minimum atomic E-state index is -0.209. The molecular formula is C20H27FIN5S. The average Bonchev–Trinajstić information content (AvgIpc) is 3.28. The Morgan fingerprint density at radius 3 is 2.86 bits per heavy atom. The number of nitrogens with one attached hydrogen (secondary N) is 3. The van der Waals surface area contributed by atoms with Crippen LogP contribution in [0.1, 0.15) is 29.3 Å². The molecule has 0 unspecified atom stereocenters. The molecule has 3 N–H and O–H groups in total. The Labute approximate surface area is 186 Å². The predicted molar refractivity (Wildman–Crippen MR) is 127 cm³/mol. The van der Waals surface area contributed by atoms with Crippen LogP contribution in [0.5, 0.6) is 0 Å². The molecule has 3 aromatic rings. The quantitative estimate of drug-likeness (QED) is 0.238. The Morgan fingerprint density at radius 1 is 1.25 bits per heavy atom. The third-order valence-corrected chi connectivity index (χ3v) is 5.51. The van der Waals surface area contributed by atoms with E-state index in [4.69, 9.17) is 0 Å². The Kier molecular flexibility index (Phi) is 9.17. The van der Waals surface area contributed by atoms with E-state index >= 15 is 0 Å². The summed E-state index contributed by atoms with van der Waals surface area (Å²) in [5, 5.41) is 8.69. The van der Waals surface area contributed by atoms with Gasteiger partial charge in [0.1, 0.15) is 5.82 Å². The summed E-state index contributed by atoms with van der Waals surface area (Å²) in [6.07, 6.45) is 6.58. The molecule has 0 amide bonds. The lowest BCUT2D eigenvalue weighted by Gasteiger charge is -2.11. The van der Waals surface area contributed by atoms with E-state index in [-0.39, 0.29) is 29.8 Å². The fourth-order valence-corrected chi connectivity index (χ4v) is 3.76. The maximum atomic E-state index is 13.5. The van der Waals surface area contributed by atoms with Crippen LogP contribution in [0.3, 0.4) is 0 Å². The summed E-state index contributed by atoms with van der Waals surface area (Å²) in [7, 11) is 0. The van der Waals surface area contributed by atoms with Crippen LogP contribution in [-0.4, -0.2) is 35.6 Å². The number of hydrogen-bond donors (Lipinski definition) is 3. The number of thiazole rings is 1. The van der Waals surface area contributed by atoms with Gasteiger partial charge in [-0.15, -0.1) is 35.3 Å². The van der Waals surface area contributed by atoms with Crippen LogP contribution in [0.2, 0.25) is 0 Å². The first-order valence-electron chi connectivity index (χ1n) is 9.40. The van der Waals surface area contributed by atoms with Gasteiger partial charge in [0.2, 0.25) is 0 Å². The molecule has 0 radical (unpaired) electrons. The van der Waals surface area contributed by atoms with Gasteiger partial charge in [-0.25, -0.2) is 9.37 Å². The molecule has 2 heterocycles. The molecule has 0 atom stereocenters. The maximum Gasteiger partial charge on any atom is 0.191 e. The molecule has 1 aromatic carbocycles. The van der Waals surface area contributed by atoms with Gasteiger partial charge in [-0.1, -0.05) is 6.92 Å². The minimum Gasteiger partial charge on any atom is -0.361 e. The fourth-order valence-electron chi connectivity index (χ4n) is 2.91. The summed E-state index contributed by atoms with van der Waals surface area (Å²) in [5.41, 5.74) is 2.06. The second-order valence-electron chi connectivity index (χ2n) is 6.27. The van der Waals surface area contributed by atoms with E-state index in [0.717, 1.165) is 59.8 Å². The Morgan fingerprint density at radius 2 is 2.11 bits per heavy atom. The molecule has 3 rings (SSSR count). The summed E-state index contributed by atoms with van der Waals surface area (Å²) in [4.78, 5) is 13.6. The van der Waals surface area contributed by atoms with Crippen molar-refractivity contribution in [1.82, 2.24) is 20.6 Å². The largest absolute Gasteiger partial charge is 0.361 e. The van der Waals surface area contributed by atoms with Crippen LogP contribution >= 0.6 is 35.3 Å². The average molecular weight is 515 g/mol. The molecule has 0 aliphatic rings. The van der Waals surface area contributed by atoms with Crippen LogP contribution in [0.4, 0.5) is 4.39 Å². The zero-order chi connectivity index (χ0) is 19.1. The lowest BCUT2D eigenvalue weighted by atomic mass is 10.1. The molecule has 2 aromatic heterocycles. The van der Waals surface area contributed by atoms with Crippen molar-refractivity contribution in [2.75, 3.05) is 19.6 Å². The summed E-state index contributed by atoms with van der Waals surface area (Å²) in [5.74, 6) is 0.593. The second-order valence-corrected chi connectivity index (χ2v) is 7.46. The van der Waals surface area contributed by atoms with Crippen LogP contribution in [0, 0.1) is 5.82 Å². The highest BCUT2D eigenvalue weighted by Crippen LogP contribution is 2.19. The Hall–Kier alpha value is -1.68. The number of H-pyrrole nitrogens is 1. The van der Waals surface area contributed by atoms with Crippen LogP contribution < -0.4 is 10.6 Å². The van der Waals surface area contributed by atoms with E-state index in [2.05, 4.69) is 32.5 Å². The van der Waals surface area contributed by atoms with E-state index in [1.807, 2.05) is 19.3 Å². The molecule has 0 bridgehead atoms. The lowest BCUT2D eigenvalue weighted by Crippen LogP contribution is -2.38. The molecule has 0 saturated carbocycles. The molecule has 0 spiro atoms. The first kappa shape index (κ1) is 22.6. The topological polar surface area (TPSA) is 65.1 Å². The summed E-state index contributed by atoms with van der Waals surface area (Å²) in [6.45, 7) is 6.43. The molecule has 5 nitrogen and oxygen atoms in total. The molecular weight excluding hydrogens is 488 g/mol. The predicted octanol–water partition coefficient (Wildman–Crippen LogP) is 4.28. The van der Waals surface area contributed by atoms with Crippen molar-refractivity contribution >= 4 is 52.2 Å². The normalized spacial score (nSPS) is 11.5. The Balaban J connectivity index is 0.00000280. The van der Waals surface area contributed by atoms with Gasteiger partial charge in [-0.3, -0.25) is 4.99 Å². The molecule has 0 aliphatic carbocycles. The van der Waals surface area contributed by atoms with Crippen molar-refractivity contribution in [3.63, 3.8) is 0 Å². The molecule has 8 heteroatoms. The number of guanidine groups is 1. The van der Waals surface area contributed by atoms with Gasteiger partial charge in [0.05, 0.1) is 5.01 Å². The number of halogens is 2. The number of fused-ring (bicyclic) bond motifs is 1. The first-order chi connectivity index (χ1) is 13.2. The highest BCUT2D eigenvalue weighted by Gasteiger charge is 2.06.